The predicted octanol–water partition coefficient (Wildman–Crippen LogP) is 5.24. The summed E-state index contributed by atoms with van der Waals surface area (Å²) in [5, 5.41) is 5.73. The van der Waals surface area contributed by atoms with E-state index < -0.39 is 0 Å². The number of hydrogen-bond acceptors (Lipinski definition) is 3. The maximum atomic E-state index is 12.4. The zero-order chi connectivity index (χ0) is 19.6. The smallest absolute Gasteiger partial charge is 0.255 e. The molecule has 5 heteroatoms. The van der Waals surface area contributed by atoms with Crippen LogP contribution in [0.1, 0.15) is 56.8 Å². The fourth-order valence-electron chi connectivity index (χ4n) is 2.59. The summed E-state index contributed by atoms with van der Waals surface area (Å²) in [5.74, 6) is 0.513. The molecule has 0 saturated heterocycles. The molecule has 0 aliphatic carbocycles. The Balaban J connectivity index is 1.94. The van der Waals surface area contributed by atoms with E-state index in [1.165, 1.54) is 0 Å². The molecule has 0 radical (unpaired) electrons. The molecule has 2 aromatic rings. The van der Waals surface area contributed by atoms with E-state index >= 15 is 0 Å². The monoisotopic (exact) mass is 368 g/mol. The molecule has 0 aliphatic rings. The van der Waals surface area contributed by atoms with Gasteiger partial charge in [-0.05, 0) is 62.7 Å². The Labute approximate surface area is 161 Å². The van der Waals surface area contributed by atoms with Gasteiger partial charge in [-0.25, -0.2) is 0 Å². The van der Waals surface area contributed by atoms with Crippen LogP contribution in [0, 0.1) is 0 Å². The van der Waals surface area contributed by atoms with Crippen molar-refractivity contribution in [3.8, 4) is 5.75 Å². The standard InChI is InChI=1S/C22H28N2O3/c1-4-5-6-10-21(25)23-18-8-7-9-19(15-18)24-22(26)17-11-13-20(14-12-17)27-16(2)3/h7-9,11-16H,4-6,10H2,1-3H3,(H,23,25)(H,24,26). The Morgan fingerprint density at radius 2 is 1.63 bits per heavy atom. The normalized spacial score (nSPS) is 10.5. The maximum Gasteiger partial charge on any atom is 0.255 e. The molecule has 0 bridgehead atoms. The highest BCUT2D eigenvalue weighted by atomic mass is 16.5. The lowest BCUT2D eigenvalue weighted by Crippen LogP contribution is -2.14. The van der Waals surface area contributed by atoms with Gasteiger partial charge in [-0.15, -0.1) is 0 Å². The van der Waals surface area contributed by atoms with E-state index in [1.807, 2.05) is 19.9 Å². The summed E-state index contributed by atoms with van der Waals surface area (Å²) in [6.45, 7) is 6.02. The van der Waals surface area contributed by atoms with Gasteiger partial charge in [0.1, 0.15) is 5.75 Å². The second-order valence-corrected chi connectivity index (χ2v) is 6.73. The first kappa shape index (κ1) is 20.5. The zero-order valence-corrected chi connectivity index (χ0v) is 16.2. The number of carbonyl (C=O) groups excluding carboxylic acids is 2. The summed E-state index contributed by atoms with van der Waals surface area (Å²) in [6, 6.07) is 14.2. The van der Waals surface area contributed by atoms with Gasteiger partial charge in [-0.3, -0.25) is 9.59 Å². The van der Waals surface area contributed by atoms with Crippen LogP contribution in [0.4, 0.5) is 11.4 Å². The van der Waals surface area contributed by atoms with Gasteiger partial charge in [0.25, 0.3) is 5.91 Å². The topological polar surface area (TPSA) is 67.4 Å². The van der Waals surface area contributed by atoms with E-state index in [4.69, 9.17) is 4.74 Å². The van der Waals surface area contributed by atoms with Crippen LogP contribution >= 0.6 is 0 Å². The average Bonchev–Trinajstić information content (AvgIpc) is 2.62. The van der Waals surface area contributed by atoms with Crippen molar-refractivity contribution in [1.82, 2.24) is 0 Å². The molecule has 0 saturated carbocycles. The number of hydrogen-bond donors (Lipinski definition) is 2. The van der Waals surface area contributed by atoms with Crippen LogP contribution in [0.15, 0.2) is 48.5 Å². The van der Waals surface area contributed by atoms with Crippen LogP contribution in [0.3, 0.4) is 0 Å². The second kappa shape index (κ2) is 10.4. The third kappa shape index (κ3) is 7.13. The number of anilines is 2. The summed E-state index contributed by atoms with van der Waals surface area (Å²) in [6.07, 6.45) is 3.61. The van der Waals surface area contributed by atoms with Crippen molar-refractivity contribution in [3.63, 3.8) is 0 Å². The van der Waals surface area contributed by atoms with Crippen LogP contribution in [-0.4, -0.2) is 17.9 Å². The van der Waals surface area contributed by atoms with E-state index in [0.717, 1.165) is 25.0 Å². The van der Waals surface area contributed by atoms with E-state index in [0.29, 0.717) is 23.4 Å². The molecule has 2 amide bonds. The van der Waals surface area contributed by atoms with Gasteiger partial charge >= 0.3 is 0 Å². The molecule has 0 heterocycles. The number of rotatable bonds is 9. The van der Waals surface area contributed by atoms with Crippen molar-refractivity contribution in [2.24, 2.45) is 0 Å². The Bertz CT molecular complexity index is 754. The number of ether oxygens (including phenoxy) is 1. The molecule has 5 nitrogen and oxygen atoms in total. The molecule has 0 spiro atoms. The van der Waals surface area contributed by atoms with Crippen LogP contribution in [0.25, 0.3) is 0 Å². The molecular weight excluding hydrogens is 340 g/mol. The minimum atomic E-state index is -0.211. The molecule has 2 aromatic carbocycles. The van der Waals surface area contributed by atoms with Crippen LogP contribution in [0.2, 0.25) is 0 Å². The van der Waals surface area contributed by atoms with Gasteiger partial charge < -0.3 is 15.4 Å². The molecule has 0 fully saturated rings. The van der Waals surface area contributed by atoms with Crippen molar-refractivity contribution in [2.75, 3.05) is 10.6 Å². The lowest BCUT2D eigenvalue weighted by molar-refractivity contribution is -0.116. The number of nitrogens with one attached hydrogen (secondary N) is 2. The molecule has 0 aliphatic heterocycles. The van der Waals surface area contributed by atoms with Gasteiger partial charge in [0.2, 0.25) is 5.91 Å². The predicted molar refractivity (Wildman–Crippen MR) is 109 cm³/mol. The third-order valence-corrected chi connectivity index (χ3v) is 3.90. The number of amides is 2. The summed E-state index contributed by atoms with van der Waals surface area (Å²) in [5.41, 5.74) is 1.85. The van der Waals surface area contributed by atoms with Crippen LogP contribution in [0.5, 0.6) is 5.75 Å². The number of unbranched alkanes of at least 4 members (excludes halogenated alkanes) is 2. The molecule has 144 valence electrons. The molecule has 2 N–H and O–H groups in total. The zero-order valence-electron chi connectivity index (χ0n) is 16.2. The molecule has 27 heavy (non-hydrogen) atoms. The fourth-order valence-corrected chi connectivity index (χ4v) is 2.59. The Morgan fingerprint density at radius 1 is 0.963 bits per heavy atom. The molecule has 0 atom stereocenters. The summed E-state index contributed by atoms with van der Waals surface area (Å²) < 4.78 is 5.58. The quantitative estimate of drug-likeness (QED) is 0.594. The van der Waals surface area contributed by atoms with Crippen molar-refractivity contribution < 1.29 is 14.3 Å². The van der Waals surface area contributed by atoms with Crippen molar-refractivity contribution >= 4 is 23.2 Å². The highest BCUT2D eigenvalue weighted by Gasteiger charge is 2.08. The van der Waals surface area contributed by atoms with Gasteiger partial charge in [-0.2, -0.15) is 0 Å². The minimum absolute atomic E-state index is 0.00679. The van der Waals surface area contributed by atoms with Crippen molar-refractivity contribution in [2.45, 2.75) is 52.6 Å². The Morgan fingerprint density at radius 3 is 2.26 bits per heavy atom. The molecule has 2 rings (SSSR count). The Kier molecular flexibility index (Phi) is 7.86. The highest BCUT2D eigenvalue weighted by molar-refractivity contribution is 6.04. The summed E-state index contributed by atoms with van der Waals surface area (Å²) in [7, 11) is 0. The summed E-state index contributed by atoms with van der Waals surface area (Å²) >= 11 is 0. The lowest BCUT2D eigenvalue weighted by Gasteiger charge is -2.11. The summed E-state index contributed by atoms with van der Waals surface area (Å²) in [4.78, 5) is 24.4. The maximum absolute atomic E-state index is 12.4. The first-order valence-electron chi connectivity index (χ1n) is 9.46. The van der Waals surface area contributed by atoms with Crippen molar-refractivity contribution in [1.29, 1.82) is 0 Å². The first-order chi connectivity index (χ1) is 13.0. The molecule has 0 unspecified atom stereocenters. The lowest BCUT2D eigenvalue weighted by atomic mass is 10.2. The van der Waals surface area contributed by atoms with Gasteiger partial charge in [0.05, 0.1) is 6.10 Å². The Hall–Kier alpha value is -2.82. The largest absolute Gasteiger partial charge is 0.491 e. The van der Waals surface area contributed by atoms with Gasteiger partial charge in [0.15, 0.2) is 0 Å². The van der Waals surface area contributed by atoms with Crippen LogP contribution < -0.4 is 15.4 Å². The van der Waals surface area contributed by atoms with E-state index in [1.54, 1.807) is 42.5 Å². The van der Waals surface area contributed by atoms with E-state index in [-0.39, 0.29) is 17.9 Å². The minimum Gasteiger partial charge on any atom is -0.491 e. The van der Waals surface area contributed by atoms with Gasteiger partial charge in [0, 0.05) is 23.4 Å². The van der Waals surface area contributed by atoms with E-state index in [2.05, 4.69) is 17.6 Å². The first-order valence-corrected chi connectivity index (χ1v) is 9.46. The SMILES string of the molecule is CCCCCC(=O)Nc1cccc(NC(=O)c2ccc(OC(C)C)cc2)c1. The van der Waals surface area contributed by atoms with Gasteiger partial charge in [-0.1, -0.05) is 25.8 Å². The van der Waals surface area contributed by atoms with Crippen LogP contribution in [-0.2, 0) is 4.79 Å². The highest BCUT2D eigenvalue weighted by Crippen LogP contribution is 2.18. The fraction of sp³-hybridized carbons (Fsp3) is 0.364. The van der Waals surface area contributed by atoms with Crippen molar-refractivity contribution in [3.05, 3.63) is 54.1 Å². The second-order valence-electron chi connectivity index (χ2n) is 6.73. The molecule has 0 aromatic heterocycles. The number of benzene rings is 2. The third-order valence-electron chi connectivity index (χ3n) is 3.90. The van der Waals surface area contributed by atoms with E-state index in [9.17, 15) is 9.59 Å². The average molecular weight is 368 g/mol. The number of carbonyl (C=O) groups is 2. The molecular formula is C22H28N2O3.